The summed E-state index contributed by atoms with van der Waals surface area (Å²) >= 11 is 3.32. The van der Waals surface area contributed by atoms with Crippen LogP contribution in [-0.4, -0.2) is 34.9 Å². The molecule has 0 fully saturated rings. The quantitative estimate of drug-likeness (QED) is 0.398. The van der Waals surface area contributed by atoms with Gasteiger partial charge in [-0.25, -0.2) is 4.79 Å². The number of alkyl halides is 1. The molecule has 0 aromatic carbocycles. The summed E-state index contributed by atoms with van der Waals surface area (Å²) < 4.78 is 0. The number of nitrogens with one attached hydrogen (secondary N) is 1. The van der Waals surface area contributed by atoms with E-state index in [-0.39, 0.29) is 5.91 Å². The van der Waals surface area contributed by atoms with Crippen molar-refractivity contribution < 1.29 is 14.7 Å². The van der Waals surface area contributed by atoms with E-state index in [1.54, 1.807) is 0 Å². The van der Waals surface area contributed by atoms with E-state index in [0.29, 0.717) is 19.4 Å². The Morgan fingerprint density at radius 1 is 1.17 bits per heavy atom. The molecule has 0 radical (unpaired) electrons. The largest absolute Gasteiger partial charge is 0.480 e. The number of carboxylic acid groups (broad SMARTS) is 1. The average molecular weight is 323 g/mol. The monoisotopic (exact) mass is 322 g/mol. The first-order chi connectivity index (χ1) is 8.61. The van der Waals surface area contributed by atoms with Crippen LogP contribution in [0, 0.1) is 0 Å². The molecule has 18 heavy (non-hydrogen) atoms. The minimum Gasteiger partial charge on any atom is -0.480 e. The zero-order valence-electron chi connectivity index (χ0n) is 10.7. The zero-order valence-corrected chi connectivity index (χ0v) is 12.2. The number of rotatable bonds is 11. The summed E-state index contributed by atoms with van der Waals surface area (Å²) in [6, 6.07) is -0.778. The lowest BCUT2D eigenvalue weighted by atomic mass is 10.1. The highest BCUT2D eigenvalue weighted by molar-refractivity contribution is 9.09. The highest BCUT2D eigenvalue weighted by Crippen LogP contribution is 2.04. The number of hydrogen-bond donors (Lipinski definition) is 3. The van der Waals surface area contributed by atoms with Gasteiger partial charge in [0.05, 0.1) is 0 Å². The molecule has 0 saturated heterocycles. The van der Waals surface area contributed by atoms with Crippen molar-refractivity contribution in [1.82, 2.24) is 5.32 Å². The maximum atomic E-state index is 11.5. The summed E-state index contributed by atoms with van der Waals surface area (Å²) in [7, 11) is 0. The van der Waals surface area contributed by atoms with Gasteiger partial charge in [0.15, 0.2) is 0 Å². The van der Waals surface area contributed by atoms with Crippen LogP contribution in [0.15, 0.2) is 0 Å². The lowest BCUT2D eigenvalue weighted by Gasteiger charge is -2.14. The molecule has 0 aromatic rings. The Morgan fingerprint density at radius 2 is 1.89 bits per heavy atom. The Labute approximate surface area is 117 Å². The smallest absolute Gasteiger partial charge is 0.326 e. The molecule has 0 saturated carbocycles. The Bertz CT molecular complexity index is 249. The molecule has 1 amide bonds. The fourth-order valence-electron chi connectivity index (χ4n) is 1.57. The van der Waals surface area contributed by atoms with Crippen LogP contribution in [0.5, 0.6) is 0 Å². The predicted molar refractivity (Wildman–Crippen MR) is 74.7 cm³/mol. The number of amides is 1. The molecule has 1 atom stereocenters. The molecule has 4 N–H and O–H groups in total. The van der Waals surface area contributed by atoms with E-state index in [9.17, 15) is 9.59 Å². The number of carboxylic acids is 1. The van der Waals surface area contributed by atoms with Gasteiger partial charge in [0.1, 0.15) is 6.04 Å². The van der Waals surface area contributed by atoms with Crippen molar-refractivity contribution >= 4 is 27.8 Å². The molecule has 0 heterocycles. The van der Waals surface area contributed by atoms with Gasteiger partial charge in [-0.3, -0.25) is 4.79 Å². The normalized spacial score (nSPS) is 12.1. The molecule has 0 aromatic heterocycles. The summed E-state index contributed by atoms with van der Waals surface area (Å²) in [5, 5.41) is 12.5. The Kier molecular flexibility index (Phi) is 11.1. The molecule has 0 aliphatic carbocycles. The van der Waals surface area contributed by atoms with Crippen molar-refractivity contribution in [3.63, 3.8) is 0 Å². The number of aliphatic carboxylic acids is 1. The third kappa shape index (κ3) is 9.41. The van der Waals surface area contributed by atoms with Gasteiger partial charge >= 0.3 is 5.97 Å². The van der Waals surface area contributed by atoms with E-state index in [1.165, 1.54) is 0 Å². The van der Waals surface area contributed by atoms with Crippen LogP contribution in [0.1, 0.15) is 44.9 Å². The van der Waals surface area contributed by atoms with Crippen molar-refractivity contribution in [3.05, 3.63) is 0 Å². The minimum absolute atomic E-state index is 0.176. The molecular weight excluding hydrogens is 300 g/mol. The molecule has 0 aliphatic heterocycles. The second-order valence-corrected chi connectivity index (χ2v) is 5.04. The third-order valence-corrected chi connectivity index (χ3v) is 3.18. The van der Waals surface area contributed by atoms with Crippen LogP contribution < -0.4 is 11.1 Å². The van der Waals surface area contributed by atoms with E-state index < -0.39 is 12.0 Å². The van der Waals surface area contributed by atoms with E-state index in [2.05, 4.69) is 21.2 Å². The van der Waals surface area contributed by atoms with Gasteiger partial charge < -0.3 is 16.2 Å². The lowest BCUT2D eigenvalue weighted by molar-refractivity contribution is -0.142. The Balaban J connectivity index is 3.85. The van der Waals surface area contributed by atoms with Crippen molar-refractivity contribution in [1.29, 1.82) is 0 Å². The minimum atomic E-state index is -0.971. The number of nitrogens with two attached hydrogens (primary N) is 1. The lowest BCUT2D eigenvalue weighted by Crippen LogP contribution is -2.40. The molecule has 6 heteroatoms. The van der Waals surface area contributed by atoms with Gasteiger partial charge in [0, 0.05) is 11.8 Å². The number of carbonyl (C=O) groups is 2. The molecule has 0 rings (SSSR count). The van der Waals surface area contributed by atoms with Crippen LogP contribution in [-0.2, 0) is 9.59 Å². The van der Waals surface area contributed by atoms with Gasteiger partial charge in [-0.2, -0.15) is 0 Å². The van der Waals surface area contributed by atoms with Crippen molar-refractivity contribution in [2.24, 2.45) is 5.73 Å². The van der Waals surface area contributed by atoms with E-state index in [4.69, 9.17) is 10.8 Å². The number of unbranched alkanes of at least 4 members (excludes halogenated alkanes) is 3. The maximum absolute atomic E-state index is 11.5. The SMILES string of the molecule is NCCCCC(NC(=O)CCCCCBr)C(=O)O. The van der Waals surface area contributed by atoms with Crippen LogP contribution in [0.4, 0.5) is 0 Å². The van der Waals surface area contributed by atoms with Crippen molar-refractivity contribution in [2.75, 3.05) is 11.9 Å². The van der Waals surface area contributed by atoms with E-state index >= 15 is 0 Å². The Hall–Kier alpha value is -0.620. The second-order valence-electron chi connectivity index (χ2n) is 4.24. The van der Waals surface area contributed by atoms with Crippen molar-refractivity contribution in [2.45, 2.75) is 51.0 Å². The van der Waals surface area contributed by atoms with Gasteiger partial charge in [-0.05, 0) is 38.6 Å². The highest BCUT2D eigenvalue weighted by Gasteiger charge is 2.18. The van der Waals surface area contributed by atoms with Gasteiger partial charge in [0.25, 0.3) is 0 Å². The first-order valence-electron chi connectivity index (χ1n) is 6.40. The van der Waals surface area contributed by atoms with Crippen LogP contribution in [0.2, 0.25) is 0 Å². The summed E-state index contributed by atoms with van der Waals surface area (Å²) in [4.78, 5) is 22.5. The first kappa shape index (κ1) is 17.4. The highest BCUT2D eigenvalue weighted by atomic mass is 79.9. The fraction of sp³-hybridized carbons (Fsp3) is 0.833. The van der Waals surface area contributed by atoms with Crippen molar-refractivity contribution in [3.8, 4) is 0 Å². The summed E-state index contributed by atoms with van der Waals surface area (Å²) in [6.07, 6.45) is 5.15. The predicted octanol–water partition coefficient (Wildman–Crippen LogP) is 1.64. The van der Waals surface area contributed by atoms with E-state index in [0.717, 1.165) is 37.4 Å². The Morgan fingerprint density at radius 3 is 2.44 bits per heavy atom. The zero-order chi connectivity index (χ0) is 13.8. The third-order valence-electron chi connectivity index (χ3n) is 2.62. The standard InChI is InChI=1S/C12H23BrN2O3/c13-8-4-1-2-7-11(16)15-10(12(17)18)6-3-5-9-14/h10H,1-9,14H2,(H,15,16)(H,17,18). The summed E-state index contributed by atoms with van der Waals surface area (Å²) in [5.41, 5.74) is 5.35. The molecule has 106 valence electrons. The number of hydrogen-bond acceptors (Lipinski definition) is 3. The summed E-state index contributed by atoms with van der Waals surface area (Å²) in [6.45, 7) is 0.548. The molecule has 1 unspecified atom stereocenters. The molecule has 5 nitrogen and oxygen atoms in total. The second kappa shape index (κ2) is 11.5. The molecule has 0 aliphatic rings. The average Bonchev–Trinajstić information content (AvgIpc) is 2.33. The number of halogens is 1. The van der Waals surface area contributed by atoms with Crippen LogP contribution in [0.25, 0.3) is 0 Å². The van der Waals surface area contributed by atoms with Crippen LogP contribution >= 0.6 is 15.9 Å². The molecular formula is C12H23BrN2O3. The van der Waals surface area contributed by atoms with Gasteiger partial charge in [0.2, 0.25) is 5.91 Å². The maximum Gasteiger partial charge on any atom is 0.326 e. The molecule has 0 spiro atoms. The van der Waals surface area contributed by atoms with Crippen LogP contribution in [0.3, 0.4) is 0 Å². The topological polar surface area (TPSA) is 92.4 Å². The number of carbonyl (C=O) groups excluding carboxylic acids is 1. The first-order valence-corrected chi connectivity index (χ1v) is 7.52. The van der Waals surface area contributed by atoms with E-state index in [1.807, 2.05) is 0 Å². The summed E-state index contributed by atoms with van der Waals surface area (Å²) in [5.74, 6) is -1.15. The fourth-order valence-corrected chi connectivity index (χ4v) is 1.97. The van der Waals surface area contributed by atoms with Gasteiger partial charge in [-0.15, -0.1) is 0 Å². The molecule has 0 bridgehead atoms. The van der Waals surface area contributed by atoms with Gasteiger partial charge in [-0.1, -0.05) is 22.4 Å².